The molecular weight excluding hydrogens is 274 g/mol. The van der Waals surface area contributed by atoms with Crippen LogP contribution in [0.4, 0.5) is 0 Å². The Kier molecular flexibility index (Phi) is 6.26. The monoisotopic (exact) mass is 303 g/mol. The van der Waals surface area contributed by atoms with E-state index in [4.69, 9.17) is 0 Å². The average molecular weight is 303 g/mol. The maximum Gasteiger partial charge on any atom is 0.279 e. The molecule has 1 atom stereocenters. The van der Waals surface area contributed by atoms with Crippen LogP contribution in [0, 0.1) is 0 Å². The second-order valence-electron chi connectivity index (χ2n) is 6.05. The summed E-state index contributed by atoms with van der Waals surface area (Å²) in [4.78, 5) is 0. The molecule has 1 aliphatic carbocycles. The van der Waals surface area contributed by atoms with Gasteiger partial charge in [-0.3, -0.25) is 0 Å². The van der Waals surface area contributed by atoms with Gasteiger partial charge >= 0.3 is 0 Å². The van der Waals surface area contributed by atoms with Crippen molar-refractivity contribution in [3.63, 3.8) is 0 Å². The number of unbranched alkanes of at least 4 members (excludes halogenated alkanes) is 2. The summed E-state index contributed by atoms with van der Waals surface area (Å²) in [6.07, 6.45) is 8.71. The molecule has 1 unspecified atom stereocenters. The summed E-state index contributed by atoms with van der Waals surface area (Å²) < 4.78 is 29.3. The topological polar surface area (TPSA) is 61.4 Å². The Balaban J connectivity index is 1.84. The van der Waals surface area contributed by atoms with Crippen molar-refractivity contribution in [1.82, 2.24) is 14.3 Å². The van der Waals surface area contributed by atoms with Gasteiger partial charge in [-0.1, -0.05) is 26.2 Å². The van der Waals surface area contributed by atoms with Gasteiger partial charge in [0.05, 0.1) is 0 Å². The standard InChI is InChI=1S/C14H29N3O2S/c1-2-3-5-10-16-20(18,19)17-11-6-4-7-14(17)12-15-13-8-9-13/h13-16H,2-12H2,1H3. The van der Waals surface area contributed by atoms with Crippen LogP contribution in [-0.2, 0) is 10.2 Å². The first-order valence-corrected chi connectivity index (χ1v) is 9.57. The third-order valence-electron chi connectivity index (χ3n) is 4.17. The highest BCUT2D eigenvalue weighted by molar-refractivity contribution is 7.87. The Labute approximate surface area is 123 Å². The lowest BCUT2D eigenvalue weighted by Gasteiger charge is -2.34. The van der Waals surface area contributed by atoms with E-state index in [-0.39, 0.29) is 6.04 Å². The molecule has 1 saturated heterocycles. The van der Waals surface area contributed by atoms with Crippen molar-refractivity contribution >= 4 is 10.2 Å². The molecule has 118 valence electrons. The molecule has 1 heterocycles. The first kappa shape index (κ1) is 16.2. The quantitative estimate of drug-likeness (QED) is 0.636. The smallest absolute Gasteiger partial charge is 0.279 e. The lowest BCUT2D eigenvalue weighted by molar-refractivity contribution is 0.242. The summed E-state index contributed by atoms with van der Waals surface area (Å²) >= 11 is 0. The number of nitrogens with zero attached hydrogens (tertiary/aromatic N) is 1. The summed E-state index contributed by atoms with van der Waals surface area (Å²) in [7, 11) is -3.30. The Morgan fingerprint density at radius 1 is 1.15 bits per heavy atom. The lowest BCUT2D eigenvalue weighted by atomic mass is 10.1. The van der Waals surface area contributed by atoms with Crippen molar-refractivity contribution in [2.45, 2.75) is 70.4 Å². The van der Waals surface area contributed by atoms with E-state index in [9.17, 15) is 8.42 Å². The minimum Gasteiger partial charge on any atom is -0.312 e. The van der Waals surface area contributed by atoms with Gasteiger partial charge in [-0.15, -0.1) is 0 Å². The number of piperidine rings is 1. The molecule has 0 spiro atoms. The van der Waals surface area contributed by atoms with Crippen molar-refractivity contribution in [2.75, 3.05) is 19.6 Å². The summed E-state index contributed by atoms with van der Waals surface area (Å²) in [5, 5.41) is 3.47. The predicted octanol–water partition coefficient (Wildman–Crippen LogP) is 1.62. The maximum absolute atomic E-state index is 12.4. The van der Waals surface area contributed by atoms with Crippen LogP contribution in [0.15, 0.2) is 0 Å². The van der Waals surface area contributed by atoms with Crippen LogP contribution in [0.2, 0.25) is 0 Å². The minimum absolute atomic E-state index is 0.132. The molecule has 6 heteroatoms. The molecule has 2 N–H and O–H groups in total. The summed E-state index contributed by atoms with van der Waals surface area (Å²) in [6.45, 7) is 4.16. The van der Waals surface area contributed by atoms with Crippen LogP contribution in [0.3, 0.4) is 0 Å². The SMILES string of the molecule is CCCCCNS(=O)(=O)N1CCCCC1CNC1CC1. The van der Waals surface area contributed by atoms with Crippen molar-refractivity contribution < 1.29 is 8.42 Å². The zero-order valence-electron chi connectivity index (χ0n) is 12.6. The molecule has 1 saturated carbocycles. The zero-order valence-corrected chi connectivity index (χ0v) is 13.4. The Hall–Kier alpha value is -0.170. The van der Waals surface area contributed by atoms with Gasteiger partial charge in [-0.25, -0.2) is 4.72 Å². The Morgan fingerprint density at radius 3 is 2.65 bits per heavy atom. The van der Waals surface area contributed by atoms with Crippen molar-refractivity contribution in [2.24, 2.45) is 0 Å². The fourth-order valence-electron chi connectivity index (χ4n) is 2.74. The Morgan fingerprint density at radius 2 is 1.95 bits per heavy atom. The van der Waals surface area contributed by atoms with Gasteiger partial charge in [-0.05, 0) is 32.1 Å². The van der Waals surface area contributed by atoms with Crippen molar-refractivity contribution in [3.8, 4) is 0 Å². The first-order valence-electron chi connectivity index (χ1n) is 8.13. The fraction of sp³-hybridized carbons (Fsp3) is 1.00. The molecule has 0 aromatic rings. The van der Waals surface area contributed by atoms with E-state index in [1.165, 1.54) is 12.8 Å². The first-order chi connectivity index (χ1) is 9.63. The number of nitrogens with one attached hydrogen (secondary N) is 2. The van der Waals surface area contributed by atoms with Crippen LogP contribution in [0.1, 0.15) is 58.3 Å². The van der Waals surface area contributed by atoms with Crippen molar-refractivity contribution in [1.29, 1.82) is 0 Å². The highest BCUT2D eigenvalue weighted by Crippen LogP contribution is 2.22. The average Bonchev–Trinajstić information content (AvgIpc) is 3.26. The largest absolute Gasteiger partial charge is 0.312 e. The molecule has 0 amide bonds. The second kappa shape index (κ2) is 7.73. The number of hydrogen-bond acceptors (Lipinski definition) is 3. The summed E-state index contributed by atoms with van der Waals surface area (Å²) in [5.41, 5.74) is 0. The summed E-state index contributed by atoms with van der Waals surface area (Å²) in [6, 6.07) is 0.770. The molecule has 0 aromatic heterocycles. The third kappa shape index (κ3) is 4.98. The van der Waals surface area contributed by atoms with E-state index in [1.807, 2.05) is 0 Å². The molecule has 0 aromatic carbocycles. The van der Waals surface area contributed by atoms with Gasteiger partial charge in [0.2, 0.25) is 0 Å². The molecule has 2 aliphatic rings. The normalized spacial score (nSPS) is 24.9. The fourth-order valence-corrected chi connectivity index (χ4v) is 4.25. The van der Waals surface area contributed by atoms with Gasteiger partial charge in [-0.2, -0.15) is 12.7 Å². The minimum atomic E-state index is -3.30. The van der Waals surface area contributed by atoms with E-state index in [2.05, 4.69) is 17.0 Å². The third-order valence-corrected chi connectivity index (χ3v) is 5.83. The maximum atomic E-state index is 12.4. The number of rotatable bonds is 9. The number of hydrogen-bond donors (Lipinski definition) is 2. The van der Waals surface area contributed by atoms with Crippen molar-refractivity contribution in [3.05, 3.63) is 0 Å². The highest BCUT2D eigenvalue weighted by Gasteiger charge is 2.33. The van der Waals surface area contributed by atoms with E-state index in [0.29, 0.717) is 19.1 Å². The molecule has 0 bridgehead atoms. The van der Waals surface area contributed by atoms with Crippen LogP contribution >= 0.6 is 0 Å². The Bertz CT molecular complexity index is 382. The van der Waals surface area contributed by atoms with Gasteiger partial charge in [0, 0.05) is 31.7 Å². The second-order valence-corrected chi connectivity index (χ2v) is 7.76. The zero-order chi connectivity index (χ0) is 14.4. The highest BCUT2D eigenvalue weighted by atomic mass is 32.2. The lowest BCUT2D eigenvalue weighted by Crippen LogP contribution is -2.52. The van der Waals surface area contributed by atoms with Gasteiger partial charge < -0.3 is 5.32 Å². The van der Waals surface area contributed by atoms with E-state index < -0.39 is 10.2 Å². The van der Waals surface area contributed by atoms with Gasteiger partial charge in [0.1, 0.15) is 0 Å². The van der Waals surface area contributed by atoms with E-state index in [0.717, 1.165) is 45.1 Å². The van der Waals surface area contributed by atoms with Gasteiger partial charge in [0.25, 0.3) is 10.2 Å². The molecule has 1 aliphatic heterocycles. The molecule has 2 fully saturated rings. The molecule has 0 radical (unpaired) electrons. The van der Waals surface area contributed by atoms with Crippen LogP contribution < -0.4 is 10.0 Å². The predicted molar refractivity (Wildman–Crippen MR) is 81.8 cm³/mol. The molecular formula is C14H29N3O2S. The van der Waals surface area contributed by atoms with Gasteiger partial charge in [0.15, 0.2) is 0 Å². The van der Waals surface area contributed by atoms with Crippen LogP contribution in [0.5, 0.6) is 0 Å². The molecule has 2 rings (SSSR count). The van der Waals surface area contributed by atoms with E-state index in [1.54, 1.807) is 4.31 Å². The van der Waals surface area contributed by atoms with Crippen LogP contribution in [0.25, 0.3) is 0 Å². The van der Waals surface area contributed by atoms with E-state index >= 15 is 0 Å². The molecule has 5 nitrogen and oxygen atoms in total. The summed E-state index contributed by atoms with van der Waals surface area (Å²) in [5.74, 6) is 0. The molecule has 20 heavy (non-hydrogen) atoms. The van der Waals surface area contributed by atoms with Crippen LogP contribution in [-0.4, -0.2) is 44.4 Å².